The molecule has 0 amide bonds. The second kappa shape index (κ2) is 42.3. The van der Waals surface area contributed by atoms with E-state index in [-0.39, 0.29) is 32.6 Å². The Balaban J connectivity index is 4.19. The Morgan fingerprint density at radius 2 is 0.964 bits per heavy atom. The molecule has 0 saturated heterocycles. The number of ether oxygens (including phenoxy) is 2. The molecule has 324 valence electrons. The number of unbranched alkanes of at least 4 members (excludes halogenated alkanes) is 19. The van der Waals surface area contributed by atoms with Crippen molar-refractivity contribution < 1.29 is 37.6 Å². The highest BCUT2D eigenvalue weighted by Gasteiger charge is 2.25. The SMILES string of the molecule is CC/C=C\C/C=C\C/C=C\C/C=C\C/C=C\CC(=O)OC(COC(=O)CCCCCCCCCCCCCCCCCCCCCC)COP(=O)(O)OCCN. The summed E-state index contributed by atoms with van der Waals surface area (Å²) in [6.45, 7) is 3.51. The predicted octanol–water partition coefficient (Wildman–Crippen LogP) is 12.9. The number of carbonyl (C=O) groups is 2. The summed E-state index contributed by atoms with van der Waals surface area (Å²) >= 11 is 0. The fourth-order valence-electron chi connectivity index (χ4n) is 5.95. The molecule has 0 aromatic carbocycles. The van der Waals surface area contributed by atoms with E-state index in [0.717, 1.165) is 44.9 Å². The number of phosphoric acid groups is 1. The number of hydrogen-bond acceptors (Lipinski definition) is 8. The molecule has 0 bridgehead atoms. The Morgan fingerprint density at radius 3 is 1.39 bits per heavy atom. The molecule has 0 fully saturated rings. The van der Waals surface area contributed by atoms with Crippen molar-refractivity contribution in [3.05, 3.63) is 60.8 Å². The molecular formula is C46H82NO8P. The van der Waals surface area contributed by atoms with Gasteiger partial charge in [-0.15, -0.1) is 0 Å². The van der Waals surface area contributed by atoms with Crippen LogP contribution in [0, 0.1) is 0 Å². The summed E-state index contributed by atoms with van der Waals surface area (Å²) in [5.41, 5.74) is 5.34. The van der Waals surface area contributed by atoms with Crippen molar-refractivity contribution in [3.63, 3.8) is 0 Å². The van der Waals surface area contributed by atoms with Crippen LogP contribution in [0.1, 0.15) is 187 Å². The summed E-state index contributed by atoms with van der Waals surface area (Å²) in [6.07, 6.45) is 50.0. The molecule has 3 N–H and O–H groups in total. The van der Waals surface area contributed by atoms with Crippen LogP contribution in [0.15, 0.2) is 60.8 Å². The van der Waals surface area contributed by atoms with Gasteiger partial charge in [-0.25, -0.2) is 4.57 Å². The van der Waals surface area contributed by atoms with E-state index >= 15 is 0 Å². The summed E-state index contributed by atoms with van der Waals surface area (Å²) < 4.78 is 32.6. The smallest absolute Gasteiger partial charge is 0.462 e. The van der Waals surface area contributed by atoms with Gasteiger partial charge in [0.25, 0.3) is 0 Å². The average Bonchev–Trinajstić information content (AvgIpc) is 3.18. The minimum Gasteiger partial charge on any atom is -0.462 e. The Morgan fingerprint density at radius 1 is 0.554 bits per heavy atom. The third-order valence-corrected chi connectivity index (χ3v) is 10.2. The van der Waals surface area contributed by atoms with Crippen molar-refractivity contribution >= 4 is 19.8 Å². The van der Waals surface area contributed by atoms with E-state index in [1.807, 2.05) is 12.2 Å². The third kappa shape index (κ3) is 41.3. The molecular weight excluding hydrogens is 725 g/mol. The van der Waals surface area contributed by atoms with Gasteiger partial charge in [-0.1, -0.05) is 197 Å². The van der Waals surface area contributed by atoms with Gasteiger partial charge in [0.05, 0.1) is 19.6 Å². The Hall–Kier alpha value is -2.29. The maximum atomic E-state index is 12.5. The fraction of sp³-hybridized carbons (Fsp3) is 0.739. The number of rotatable bonds is 41. The third-order valence-electron chi connectivity index (χ3n) is 9.20. The van der Waals surface area contributed by atoms with Crippen LogP contribution in [0.4, 0.5) is 0 Å². The van der Waals surface area contributed by atoms with E-state index in [1.54, 1.807) is 6.08 Å². The van der Waals surface area contributed by atoms with Gasteiger partial charge in [-0.05, 0) is 38.5 Å². The monoisotopic (exact) mass is 808 g/mol. The highest BCUT2D eigenvalue weighted by molar-refractivity contribution is 7.47. The van der Waals surface area contributed by atoms with Gasteiger partial charge < -0.3 is 20.1 Å². The highest BCUT2D eigenvalue weighted by Crippen LogP contribution is 2.43. The molecule has 0 spiro atoms. The van der Waals surface area contributed by atoms with Crippen molar-refractivity contribution in [3.8, 4) is 0 Å². The lowest BCUT2D eigenvalue weighted by molar-refractivity contribution is -0.160. The molecule has 0 rings (SSSR count). The molecule has 56 heavy (non-hydrogen) atoms. The van der Waals surface area contributed by atoms with Crippen LogP contribution in [0.5, 0.6) is 0 Å². The topological polar surface area (TPSA) is 134 Å². The highest BCUT2D eigenvalue weighted by atomic mass is 31.2. The normalized spacial score (nSPS) is 13.9. The second-order valence-electron chi connectivity index (χ2n) is 14.6. The zero-order valence-corrected chi connectivity index (χ0v) is 36.5. The van der Waals surface area contributed by atoms with Crippen LogP contribution in [-0.2, 0) is 32.7 Å². The van der Waals surface area contributed by atoms with E-state index in [9.17, 15) is 19.0 Å². The molecule has 0 aromatic rings. The van der Waals surface area contributed by atoms with Gasteiger partial charge in [0.1, 0.15) is 6.61 Å². The average molecular weight is 808 g/mol. The number of esters is 2. The molecule has 0 heterocycles. The van der Waals surface area contributed by atoms with E-state index in [0.29, 0.717) is 6.42 Å². The molecule has 0 radical (unpaired) electrons. The molecule has 0 saturated carbocycles. The first kappa shape index (κ1) is 53.7. The molecule has 9 nitrogen and oxygen atoms in total. The van der Waals surface area contributed by atoms with Crippen LogP contribution < -0.4 is 5.73 Å². The van der Waals surface area contributed by atoms with Crippen molar-refractivity contribution in [1.29, 1.82) is 0 Å². The van der Waals surface area contributed by atoms with Crippen molar-refractivity contribution in [2.24, 2.45) is 5.73 Å². The fourth-order valence-corrected chi connectivity index (χ4v) is 6.71. The van der Waals surface area contributed by atoms with Crippen molar-refractivity contribution in [2.75, 3.05) is 26.4 Å². The minimum atomic E-state index is -4.40. The standard InChI is InChI=1S/C46H82NO8P/c1-3-5-7-9-11-13-15-17-19-20-21-22-23-25-26-28-30-32-34-36-38-45(48)52-42-44(43-54-56(50,51)53-41-40-47)55-46(49)39-37-35-33-31-29-27-24-18-16-14-12-10-8-6-4-2/h6,8,12,14,18,24,29,31,35,37,44H,3-5,7,9-11,13,15-17,19-23,25-28,30,32-34,36,38-43,47H2,1-2H3,(H,50,51)/b8-6-,14-12-,24-18-,31-29-,37-35-. The van der Waals surface area contributed by atoms with E-state index in [1.165, 1.54) is 109 Å². The zero-order chi connectivity index (χ0) is 41.1. The van der Waals surface area contributed by atoms with E-state index < -0.39 is 32.5 Å². The Labute approximate surface area is 342 Å². The molecule has 0 aromatic heterocycles. The first-order valence-electron chi connectivity index (χ1n) is 22.3. The summed E-state index contributed by atoms with van der Waals surface area (Å²) in [5, 5.41) is 0. The minimum absolute atomic E-state index is 0.00215. The molecule has 0 aliphatic heterocycles. The van der Waals surface area contributed by atoms with Gasteiger partial charge in [-0.2, -0.15) is 0 Å². The maximum Gasteiger partial charge on any atom is 0.472 e. The zero-order valence-electron chi connectivity index (χ0n) is 35.6. The lowest BCUT2D eigenvalue weighted by Gasteiger charge is -2.19. The number of hydrogen-bond donors (Lipinski definition) is 2. The van der Waals surface area contributed by atoms with Crippen molar-refractivity contribution in [1.82, 2.24) is 0 Å². The molecule has 2 atom stereocenters. The number of allylic oxidation sites excluding steroid dienone is 9. The first-order valence-corrected chi connectivity index (χ1v) is 23.8. The van der Waals surface area contributed by atoms with Gasteiger partial charge in [0.2, 0.25) is 0 Å². The Bertz CT molecular complexity index is 1100. The molecule has 10 heteroatoms. The largest absolute Gasteiger partial charge is 0.472 e. The predicted molar refractivity (Wildman–Crippen MR) is 233 cm³/mol. The lowest BCUT2D eigenvalue weighted by atomic mass is 10.0. The maximum absolute atomic E-state index is 12.5. The summed E-state index contributed by atoms with van der Waals surface area (Å²) in [5.74, 6) is -0.973. The van der Waals surface area contributed by atoms with E-state index in [2.05, 4.69) is 56.4 Å². The summed E-state index contributed by atoms with van der Waals surface area (Å²) in [6, 6.07) is 0. The van der Waals surface area contributed by atoms with Crippen LogP contribution in [0.2, 0.25) is 0 Å². The van der Waals surface area contributed by atoms with Crippen LogP contribution in [0.3, 0.4) is 0 Å². The second-order valence-corrected chi connectivity index (χ2v) is 16.0. The van der Waals surface area contributed by atoms with Crippen molar-refractivity contribution in [2.45, 2.75) is 193 Å². The first-order chi connectivity index (χ1) is 27.3. The van der Waals surface area contributed by atoms with Gasteiger partial charge in [-0.3, -0.25) is 18.6 Å². The number of phosphoric ester groups is 1. The van der Waals surface area contributed by atoms with Crippen LogP contribution >= 0.6 is 7.82 Å². The Kier molecular flexibility index (Phi) is 40.6. The summed E-state index contributed by atoms with van der Waals surface area (Å²) in [4.78, 5) is 34.8. The number of nitrogens with two attached hydrogens (primary N) is 1. The molecule has 0 aliphatic carbocycles. The number of carbonyl (C=O) groups excluding carboxylic acids is 2. The summed E-state index contributed by atoms with van der Waals surface area (Å²) in [7, 11) is -4.40. The lowest BCUT2D eigenvalue weighted by Crippen LogP contribution is -2.29. The van der Waals surface area contributed by atoms with E-state index in [4.69, 9.17) is 24.3 Å². The van der Waals surface area contributed by atoms with Crippen LogP contribution in [0.25, 0.3) is 0 Å². The van der Waals surface area contributed by atoms with Gasteiger partial charge in [0, 0.05) is 13.0 Å². The molecule has 0 aliphatic rings. The molecule has 2 unspecified atom stereocenters. The van der Waals surface area contributed by atoms with Gasteiger partial charge in [0.15, 0.2) is 6.10 Å². The van der Waals surface area contributed by atoms with Crippen LogP contribution in [-0.4, -0.2) is 49.3 Å². The quantitative estimate of drug-likeness (QED) is 0.0268. The van der Waals surface area contributed by atoms with Gasteiger partial charge >= 0.3 is 19.8 Å².